The largest absolute Gasteiger partial charge is 0.369 e. The third-order valence-corrected chi connectivity index (χ3v) is 4.07. The van der Waals surface area contributed by atoms with Crippen molar-refractivity contribution in [2.75, 3.05) is 25.0 Å². The average molecular weight is 310 g/mol. The Balaban J connectivity index is 1.45. The summed E-state index contributed by atoms with van der Waals surface area (Å²) in [5.74, 6) is 0.710. The molecule has 2 heterocycles. The molecule has 23 heavy (non-hydrogen) atoms. The SMILES string of the molecule is O=C(c1ccc(NCCCc2ccccc2)nn1)N1CCCC1. The van der Waals surface area contributed by atoms with Gasteiger partial charge in [0.1, 0.15) is 5.82 Å². The number of aryl methyl sites for hydroxylation is 1. The van der Waals surface area contributed by atoms with E-state index in [4.69, 9.17) is 0 Å². The molecular weight excluding hydrogens is 288 g/mol. The van der Waals surface area contributed by atoms with Gasteiger partial charge in [-0.15, -0.1) is 10.2 Å². The van der Waals surface area contributed by atoms with Crippen LogP contribution in [0.25, 0.3) is 0 Å². The van der Waals surface area contributed by atoms with Crippen LogP contribution in [0, 0.1) is 0 Å². The number of nitrogens with zero attached hydrogens (tertiary/aromatic N) is 3. The molecule has 2 aromatic rings. The Morgan fingerprint density at radius 3 is 2.52 bits per heavy atom. The van der Waals surface area contributed by atoms with Crippen molar-refractivity contribution in [1.29, 1.82) is 0 Å². The van der Waals surface area contributed by atoms with E-state index in [1.807, 2.05) is 17.0 Å². The zero-order chi connectivity index (χ0) is 15.9. The molecule has 1 aromatic carbocycles. The van der Waals surface area contributed by atoms with Gasteiger partial charge in [-0.3, -0.25) is 4.79 Å². The number of amides is 1. The van der Waals surface area contributed by atoms with Crippen LogP contribution in [-0.4, -0.2) is 40.6 Å². The second-order valence-corrected chi connectivity index (χ2v) is 5.82. The third-order valence-electron chi connectivity index (χ3n) is 4.07. The maximum absolute atomic E-state index is 12.2. The van der Waals surface area contributed by atoms with Gasteiger partial charge in [-0.25, -0.2) is 0 Å². The van der Waals surface area contributed by atoms with Gasteiger partial charge in [0, 0.05) is 19.6 Å². The first-order valence-corrected chi connectivity index (χ1v) is 8.24. The van der Waals surface area contributed by atoms with Gasteiger partial charge < -0.3 is 10.2 Å². The van der Waals surface area contributed by atoms with Crippen molar-refractivity contribution in [3.8, 4) is 0 Å². The number of carbonyl (C=O) groups excluding carboxylic acids is 1. The fourth-order valence-electron chi connectivity index (χ4n) is 2.78. The highest BCUT2D eigenvalue weighted by Crippen LogP contribution is 2.12. The van der Waals surface area contributed by atoms with Crippen molar-refractivity contribution < 1.29 is 4.79 Å². The van der Waals surface area contributed by atoms with Gasteiger partial charge in [0.25, 0.3) is 5.91 Å². The van der Waals surface area contributed by atoms with Gasteiger partial charge in [0.2, 0.25) is 0 Å². The number of anilines is 1. The summed E-state index contributed by atoms with van der Waals surface area (Å²) in [4.78, 5) is 14.0. The second kappa shape index (κ2) is 7.72. The fourth-order valence-corrected chi connectivity index (χ4v) is 2.78. The molecule has 5 nitrogen and oxygen atoms in total. The molecule has 0 saturated carbocycles. The summed E-state index contributed by atoms with van der Waals surface area (Å²) in [5, 5.41) is 11.4. The lowest BCUT2D eigenvalue weighted by Gasteiger charge is -2.14. The maximum atomic E-state index is 12.2. The number of benzene rings is 1. The van der Waals surface area contributed by atoms with E-state index in [0.717, 1.165) is 51.1 Å². The van der Waals surface area contributed by atoms with Crippen LogP contribution in [0.15, 0.2) is 42.5 Å². The lowest BCUT2D eigenvalue weighted by molar-refractivity contribution is 0.0786. The highest BCUT2D eigenvalue weighted by Gasteiger charge is 2.20. The summed E-state index contributed by atoms with van der Waals surface area (Å²) in [5.41, 5.74) is 1.77. The van der Waals surface area contributed by atoms with Crippen LogP contribution < -0.4 is 5.32 Å². The van der Waals surface area contributed by atoms with Gasteiger partial charge in [0.05, 0.1) is 0 Å². The number of aromatic nitrogens is 2. The highest BCUT2D eigenvalue weighted by atomic mass is 16.2. The standard InChI is InChI=1S/C18H22N4O/c23-18(22-13-4-5-14-22)16-10-11-17(21-20-16)19-12-6-9-15-7-2-1-3-8-15/h1-3,7-8,10-11H,4-6,9,12-14H2,(H,19,21). The van der Waals surface area contributed by atoms with E-state index in [1.54, 1.807) is 6.07 Å². The number of hydrogen-bond acceptors (Lipinski definition) is 4. The Kier molecular flexibility index (Phi) is 5.19. The fraction of sp³-hybridized carbons (Fsp3) is 0.389. The van der Waals surface area contributed by atoms with Crippen molar-refractivity contribution in [3.05, 3.63) is 53.7 Å². The zero-order valence-corrected chi connectivity index (χ0v) is 13.2. The van der Waals surface area contributed by atoms with Crippen LogP contribution in [0.5, 0.6) is 0 Å². The first kappa shape index (κ1) is 15.5. The van der Waals surface area contributed by atoms with Crippen LogP contribution in [0.2, 0.25) is 0 Å². The van der Waals surface area contributed by atoms with Crippen molar-refractivity contribution >= 4 is 11.7 Å². The Bertz CT molecular complexity index is 621. The molecule has 5 heteroatoms. The van der Waals surface area contributed by atoms with Crippen LogP contribution in [0.3, 0.4) is 0 Å². The molecule has 1 fully saturated rings. The minimum atomic E-state index is -0.00868. The molecule has 1 aliphatic rings. The summed E-state index contributed by atoms with van der Waals surface area (Å²) in [6, 6.07) is 14.0. The molecule has 0 unspecified atom stereocenters. The summed E-state index contributed by atoms with van der Waals surface area (Å²) in [7, 11) is 0. The van der Waals surface area contributed by atoms with Crippen molar-refractivity contribution in [2.45, 2.75) is 25.7 Å². The van der Waals surface area contributed by atoms with Crippen LogP contribution in [0.1, 0.15) is 35.3 Å². The molecule has 1 aliphatic heterocycles. The van der Waals surface area contributed by atoms with Crippen LogP contribution in [-0.2, 0) is 6.42 Å². The quantitative estimate of drug-likeness (QED) is 0.834. The van der Waals surface area contributed by atoms with Crippen molar-refractivity contribution in [2.24, 2.45) is 0 Å². The predicted molar refractivity (Wildman–Crippen MR) is 90.4 cm³/mol. The Morgan fingerprint density at radius 2 is 1.83 bits per heavy atom. The van der Waals surface area contributed by atoms with Crippen molar-refractivity contribution in [1.82, 2.24) is 15.1 Å². The zero-order valence-electron chi connectivity index (χ0n) is 13.2. The van der Waals surface area contributed by atoms with Gasteiger partial charge in [0.15, 0.2) is 5.69 Å². The lowest BCUT2D eigenvalue weighted by atomic mass is 10.1. The summed E-state index contributed by atoms with van der Waals surface area (Å²) < 4.78 is 0. The molecule has 1 aromatic heterocycles. The molecule has 0 aliphatic carbocycles. The normalized spacial score (nSPS) is 14.0. The van der Waals surface area contributed by atoms with Crippen molar-refractivity contribution in [3.63, 3.8) is 0 Å². The smallest absolute Gasteiger partial charge is 0.274 e. The van der Waals surface area contributed by atoms with E-state index >= 15 is 0 Å². The van der Waals surface area contributed by atoms with Gasteiger partial charge >= 0.3 is 0 Å². The molecule has 120 valence electrons. The van der Waals surface area contributed by atoms with E-state index in [1.165, 1.54) is 5.56 Å². The first-order valence-electron chi connectivity index (χ1n) is 8.24. The topological polar surface area (TPSA) is 58.1 Å². The highest BCUT2D eigenvalue weighted by molar-refractivity contribution is 5.92. The molecule has 1 saturated heterocycles. The maximum Gasteiger partial charge on any atom is 0.274 e. The van der Waals surface area contributed by atoms with E-state index < -0.39 is 0 Å². The first-order chi connectivity index (χ1) is 11.3. The van der Waals surface area contributed by atoms with Gasteiger partial charge in [-0.2, -0.15) is 0 Å². The number of nitrogens with one attached hydrogen (secondary N) is 1. The minimum absolute atomic E-state index is 0.00868. The van der Waals surface area contributed by atoms with Gasteiger partial charge in [-0.05, 0) is 43.4 Å². The monoisotopic (exact) mass is 310 g/mol. The summed E-state index contributed by atoms with van der Waals surface area (Å²) in [6.07, 6.45) is 4.23. The molecule has 0 radical (unpaired) electrons. The van der Waals surface area contributed by atoms with E-state index in [2.05, 4.69) is 39.8 Å². The molecule has 1 N–H and O–H groups in total. The Labute approximate surface area is 136 Å². The molecule has 1 amide bonds. The third kappa shape index (κ3) is 4.28. The van der Waals surface area contributed by atoms with Crippen LogP contribution in [0.4, 0.5) is 5.82 Å². The number of hydrogen-bond donors (Lipinski definition) is 1. The molecule has 0 bridgehead atoms. The average Bonchev–Trinajstić information content (AvgIpc) is 3.14. The molecule has 0 atom stereocenters. The number of likely N-dealkylation sites (tertiary alicyclic amines) is 1. The van der Waals surface area contributed by atoms with Gasteiger partial charge in [-0.1, -0.05) is 30.3 Å². The number of rotatable bonds is 6. The molecular formula is C18H22N4O. The van der Waals surface area contributed by atoms with E-state index in [9.17, 15) is 4.79 Å². The van der Waals surface area contributed by atoms with Crippen LogP contribution >= 0.6 is 0 Å². The second-order valence-electron chi connectivity index (χ2n) is 5.82. The summed E-state index contributed by atoms with van der Waals surface area (Å²) >= 11 is 0. The molecule has 3 rings (SSSR count). The van der Waals surface area contributed by atoms with E-state index in [0.29, 0.717) is 5.69 Å². The number of carbonyl (C=O) groups is 1. The minimum Gasteiger partial charge on any atom is -0.369 e. The predicted octanol–water partition coefficient (Wildman–Crippen LogP) is 2.76. The lowest BCUT2D eigenvalue weighted by Crippen LogP contribution is -2.28. The van der Waals surface area contributed by atoms with E-state index in [-0.39, 0.29) is 5.91 Å². The summed E-state index contributed by atoms with van der Waals surface area (Å²) in [6.45, 7) is 2.50. The molecule has 0 spiro atoms. The Morgan fingerprint density at radius 1 is 1.04 bits per heavy atom. The Hall–Kier alpha value is -2.43.